The molecule has 0 aliphatic heterocycles. The van der Waals surface area contributed by atoms with Crippen LogP contribution in [0.25, 0.3) is 0 Å². The van der Waals surface area contributed by atoms with E-state index in [1.165, 1.54) is 6.07 Å². The van der Waals surface area contributed by atoms with E-state index in [4.69, 9.17) is 4.74 Å². The van der Waals surface area contributed by atoms with E-state index in [1.54, 1.807) is 19.1 Å². The molecule has 7 heteroatoms. The number of para-hydroxylation sites is 1. The van der Waals surface area contributed by atoms with Gasteiger partial charge in [0.15, 0.2) is 0 Å². The van der Waals surface area contributed by atoms with Crippen LogP contribution in [0, 0.1) is 20.8 Å². The highest BCUT2D eigenvalue weighted by Gasteiger charge is 2.27. The topological polar surface area (TPSA) is 84.5 Å². The lowest BCUT2D eigenvalue weighted by atomic mass is 10.0. The van der Waals surface area contributed by atoms with Crippen molar-refractivity contribution in [1.82, 2.24) is 4.72 Å². The number of hydrogen-bond donors (Lipinski definition) is 2. The van der Waals surface area contributed by atoms with Crippen LogP contribution in [-0.2, 0) is 21.2 Å². The molecule has 1 atom stereocenters. The van der Waals surface area contributed by atoms with Gasteiger partial charge in [-0.3, -0.25) is 4.79 Å². The Kier molecular flexibility index (Phi) is 7.89. The minimum Gasteiger partial charge on any atom is -0.494 e. The number of ether oxygens (including phenoxy) is 1. The molecule has 3 aromatic rings. The highest BCUT2D eigenvalue weighted by molar-refractivity contribution is 7.89. The number of carbonyl (C=O) groups is 1. The highest BCUT2D eigenvalue weighted by Crippen LogP contribution is 2.23. The first-order valence-electron chi connectivity index (χ1n) is 10.9. The van der Waals surface area contributed by atoms with E-state index in [0.717, 1.165) is 16.7 Å². The van der Waals surface area contributed by atoms with Crippen molar-refractivity contribution >= 4 is 21.6 Å². The molecule has 174 valence electrons. The summed E-state index contributed by atoms with van der Waals surface area (Å²) in [7, 11) is -3.96. The summed E-state index contributed by atoms with van der Waals surface area (Å²) in [6, 6.07) is 18.7. The van der Waals surface area contributed by atoms with Crippen molar-refractivity contribution in [2.45, 2.75) is 45.1 Å². The number of nitrogens with one attached hydrogen (secondary N) is 2. The summed E-state index contributed by atoms with van der Waals surface area (Å²) in [4.78, 5) is 13.4. The molecule has 0 aliphatic carbocycles. The predicted molar refractivity (Wildman–Crippen MR) is 131 cm³/mol. The van der Waals surface area contributed by atoms with Crippen LogP contribution in [0.1, 0.15) is 29.2 Å². The Labute approximate surface area is 196 Å². The second kappa shape index (κ2) is 10.6. The molecule has 0 spiro atoms. The summed E-state index contributed by atoms with van der Waals surface area (Å²) in [6.45, 7) is 7.96. The van der Waals surface area contributed by atoms with Gasteiger partial charge in [-0.2, -0.15) is 4.72 Å². The molecule has 0 unspecified atom stereocenters. The number of rotatable bonds is 9. The molecule has 0 bridgehead atoms. The number of sulfonamides is 1. The first kappa shape index (κ1) is 24.5. The van der Waals surface area contributed by atoms with Crippen molar-refractivity contribution in [3.8, 4) is 5.75 Å². The fourth-order valence-electron chi connectivity index (χ4n) is 3.62. The zero-order valence-corrected chi connectivity index (χ0v) is 20.2. The minimum atomic E-state index is -3.96. The maximum Gasteiger partial charge on any atom is 0.242 e. The molecule has 0 radical (unpaired) electrons. The van der Waals surface area contributed by atoms with Crippen LogP contribution >= 0.6 is 0 Å². The maximum atomic E-state index is 13.3. The van der Waals surface area contributed by atoms with Gasteiger partial charge in [0.1, 0.15) is 11.8 Å². The zero-order valence-electron chi connectivity index (χ0n) is 19.4. The van der Waals surface area contributed by atoms with Crippen molar-refractivity contribution in [2.75, 3.05) is 11.9 Å². The molecule has 3 rings (SSSR count). The SMILES string of the molecule is CCOc1ccc(S(=O)(=O)N[C@H](Cc2ccccc2)C(=O)Nc2c(C)cccc2C)cc1C. The lowest BCUT2D eigenvalue weighted by Gasteiger charge is -2.21. The molecule has 0 fully saturated rings. The van der Waals surface area contributed by atoms with Gasteiger partial charge in [-0.05, 0) is 74.6 Å². The summed E-state index contributed by atoms with van der Waals surface area (Å²) in [5.74, 6) is 0.215. The van der Waals surface area contributed by atoms with Crippen LogP contribution in [0.15, 0.2) is 71.6 Å². The molecule has 1 amide bonds. The normalized spacial score (nSPS) is 12.2. The van der Waals surface area contributed by atoms with E-state index in [-0.39, 0.29) is 11.3 Å². The first-order valence-corrected chi connectivity index (χ1v) is 12.4. The van der Waals surface area contributed by atoms with Crippen LogP contribution in [0.2, 0.25) is 0 Å². The average molecular weight is 467 g/mol. The number of aryl methyl sites for hydroxylation is 3. The Morgan fingerprint density at radius 2 is 1.58 bits per heavy atom. The number of carbonyl (C=O) groups excluding carboxylic acids is 1. The van der Waals surface area contributed by atoms with E-state index < -0.39 is 22.0 Å². The van der Waals surface area contributed by atoms with E-state index >= 15 is 0 Å². The molecular formula is C26H30N2O4S. The number of anilines is 1. The quantitative estimate of drug-likeness (QED) is 0.485. The van der Waals surface area contributed by atoms with Crippen LogP contribution in [0.4, 0.5) is 5.69 Å². The third kappa shape index (κ3) is 6.21. The Balaban J connectivity index is 1.90. The summed E-state index contributed by atoms with van der Waals surface area (Å²) in [6.07, 6.45) is 0.215. The van der Waals surface area contributed by atoms with Crippen molar-refractivity contribution in [2.24, 2.45) is 0 Å². The molecule has 0 aliphatic rings. The molecule has 6 nitrogen and oxygen atoms in total. The average Bonchev–Trinajstić information content (AvgIpc) is 2.78. The van der Waals surface area contributed by atoms with Gasteiger partial charge in [0.25, 0.3) is 0 Å². The monoisotopic (exact) mass is 466 g/mol. The summed E-state index contributed by atoms with van der Waals surface area (Å²) < 4.78 is 34.6. The van der Waals surface area contributed by atoms with Crippen molar-refractivity contribution < 1.29 is 17.9 Å². The third-order valence-electron chi connectivity index (χ3n) is 5.38. The minimum absolute atomic E-state index is 0.0846. The van der Waals surface area contributed by atoms with E-state index in [0.29, 0.717) is 23.6 Å². The smallest absolute Gasteiger partial charge is 0.242 e. The van der Waals surface area contributed by atoms with Gasteiger partial charge in [-0.1, -0.05) is 48.5 Å². The van der Waals surface area contributed by atoms with Gasteiger partial charge in [-0.25, -0.2) is 8.42 Å². The summed E-state index contributed by atoms with van der Waals surface area (Å²) in [5, 5.41) is 2.92. The maximum absolute atomic E-state index is 13.3. The lowest BCUT2D eigenvalue weighted by molar-refractivity contribution is -0.117. The third-order valence-corrected chi connectivity index (χ3v) is 6.85. The van der Waals surface area contributed by atoms with Gasteiger partial charge >= 0.3 is 0 Å². The van der Waals surface area contributed by atoms with Gasteiger partial charge in [0.2, 0.25) is 15.9 Å². The Hall–Kier alpha value is -3.16. The molecule has 0 heterocycles. The zero-order chi connectivity index (χ0) is 24.0. The van der Waals surface area contributed by atoms with Crippen molar-refractivity contribution in [3.63, 3.8) is 0 Å². The number of benzene rings is 3. The standard InChI is InChI=1S/C26H30N2O4S/c1-5-32-24-15-14-22(16-20(24)4)33(30,31)28-23(17-21-12-7-6-8-13-21)26(29)27-25-18(2)10-9-11-19(25)3/h6-16,23,28H,5,17H2,1-4H3,(H,27,29)/t23-/m1/s1. The highest BCUT2D eigenvalue weighted by atomic mass is 32.2. The fraction of sp³-hybridized carbons (Fsp3) is 0.269. The molecule has 0 aromatic heterocycles. The van der Waals surface area contributed by atoms with Gasteiger partial charge in [-0.15, -0.1) is 0 Å². The number of hydrogen-bond acceptors (Lipinski definition) is 4. The van der Waals surface area contributed by atoms with Crippen LogP contribution in [-0.4, -0.2) is 27.0 Å². The van der Waals surface area contributed by atoms with E-state index in [1.807, 2.05) is 69.3 Å². The molecule has 33 heavy (non-hydrogen) atoms. The molecule has 2 N–H and O–H groups in total. The van der Waals surface area contributed by atoms with E-state index in [9.17, 15) is 13.2 Å². The lowest BCUT2D eigenvalue weighted by Crippen LogP contribution is -2.45. The van der Waals surface area contributed by atoms with Gasteiger partial charge in [0, 0.05) is 5.69 Å². The van der Waals surface area contributed by atoms with E-state index in [2.05, 4.69) is 10.0 Å². The second-order valence-electron chi connectivity index (χ2n) is 7.98. The Morgan fingerprint density at radius 1 is 0.909 bits per heavy atom. The molecule has 3 aromatic carbocycles. The van der Waals surface area contributed by atoms with Gasteiger partial charge in [0.05, 0.1) is 11.5 Å². The largest absolute Gasteiger partial charge is 0.494 e. The van der Waals surface area contributed by atoms with Crippen LogP contribution in [0.5, 0.6) is 5.75 Å². The fourth-order valence-corrected chi connectivity index (χ4v) is 4.90. The Morgan fingerprint density at radius 3 is 2.18 bits per heavy atom. The first-order chi connectivity index (χ1) is 15.7. The van der Waals surface area contributed by atoms with Crippen LogP contribution in [0.3, 0.4) is 0 Å². The number of amides is 1. The van der Waals surface area contributed by atoms with Gasteiger partial charge < -0.3 is 10.1 Å². The summed E-state index contributed by atoms with van der Waals surface area (Å²) in [5.41, 5.74) is 4.07. The van der Waals surface area contributed by atoms with Crippen molar-refractivity contribution in [1.29, 1.82) is 0 Å². The molecule has 0 saturated carbocycles. The molecular weight excluding hydrogens is 436 g/mol. The Bertz CT molecular complexity index is 1200. The predicted octanol–water partition coefficient (Wildman–Crippen LogP) is 4.54. The second-order valence-corrected chi connectivity index (χ2v) is 9.69. The molecule has 0 saturated heterocycles. The summed E-state index contributed by atoms with van der Waals surface area (Å²) >= 11 is 0. The van der Waals surface area contributed by atoms with Crippen molar-refractivity contribution in [3.05, 3.63) is 89.0 Å². The van der Waals surface area contributed by atoms with Crippen LogP contribution < -0.4 is 14.8 Å².